The van der Waals surface area contributed by atoms with Crippen molar-refractivity contribution >= 4 is 11.4 Å². The normalized spacial score (nSPS) is 16.3. The molecule has 3 heterocycles. The number of carbonyl (C=O) groups is 1. The van der Waals surface area contributed by atoms with Crippen LogP contribution in [0, 0.1) is 5.82 Å². The lowest BCUT2D eigenvalue weighted by Crippen LogP contribution is -2.39. The van der Waals surface area contributed by atoms with Crippen molar-refractivity contribution in [1.82, 2.24) is 14.3 Å². The number of fused-ring (bicyclic) bond motifs is 1. The highest BCUT2D eigenvalue weighted by molar-refractivity contribution is 5.94. The van der Waals surface area contributed by atoms with Crippen molar-refractivity contribution in [3.63, 3.8) is 0 Å². The van der Waals surface area contributed by atoms with Gasteiger partial charge < -0.3 is 14.0 Å². The average Bonchev–Trinajstić information content (AvgIpc) is 3.24. The second-order valence-electron chi connectivity index (χ2n) is 8.08. The number of hydrogen-bond donors (Lipinski definition) is 0. The zero-order chi connectivity index (χ0) is 22.1. The van der Waals surface area contributed by atoms with Gasteiger partial charge in [0.1, 0.15) is 17.4 Å². The van der Waals surface area contributed by atoms with Crippen molar-refractivity contribution in [2.45, 2.75) is 18.8 Å². The maximum absolute atomic E-state index is 14.2. The first kappa shape index (κ1) is 20.2. The van der Waals surface area contributed by atoms with E-state index >= 15 is 0 Å². The van der Waals surface area contributed by atoms with Crippen LogP contribution in [-0.4, -0.2) is 40.4 Å². The number of piperidine rings is 1. The SMILES string of the molecule is COc1cccc(-c2nc(C3CCCN(C(=O)c4ccccc4F)C3)n3ccccc23)c1. The van der Waals surface area contributed by atoms with Crippen LogP contribution in [0.4, 0.5) is 4.39 Å². The van der Waals surface area contributed by atoms with E-state index in [1.54, 1.807) is 30.2 Å². The van der Waals surface area contributed by atoms with Crippen molar-refractivity contribution in [3.8, 4) is 17.0 Å². The molecule has 1 unspecified atom stereocenters. The number of pyridine rings is 1. The highest BCUT2D eigenvalue weighted by Crippen LogP contribution is 2.33. The molecule has 5 rings (SSSR count). The van der Waals surface area contributed by atoms with Crippen LogP contribution < -0.4 is 4.74 Å². The number of rotatable bonds is 4. The molecular weight excluding hydrogens is 405 g/mol. The maximum atomic E-state index is 14.2. The van der Waals surface area contributed by atoms with Crippen molar-refractivity contribution in [1.29, 1.82) is 0 Å². The lowest BCUT2D eigenvalue weighted by atomic mass is 9.96. The quantitative estimate of drug-likeness (QED) is 0.450. The van der Waals surface area contributed by atoms with Crippen molar-refractivity contribution < 1.29 is 13.9 Å². The summed E-state index contributed by atoms with van der Waals surface area (Å²) in [5.74, 6) is 1.02. The number of benzene rings is 2. The molecule has 1 aliphatic rings. The Bertz CT molecular complexity index is 1280. The molecule has 5 nitrogen and oxygen atoms in total. The Balaban J connectivity index is 1.51. The lowest BCUT2D eigenvalue weighted by molar-refractivity contribution is 0.0699. The van der Waals surface area contributed by atoms with Gasteiger partial charge >= 0.3 is 0 Å². The Morgan fingerprint density at radius 3 is 2.78 bits per heavy atom. The van der Waals surface area contributed by atoms with Crippen LogP contribution in [0.3, 0.4) is 0 Å². The average molecular weight is 429 g/mol. The molecule has 1 saturated heterocycles. The summed E-state index contributed by atoms with van der Waals surface area (Å²) in [6.07, 6.45) is 3.78. The summed E-state index contributed by atoms with van der Waals surface area (Å²) in [6.45, 7) is 1.13. The Hall–Kier alpha value is -3.67. The molecule has 32 heavy (non-hydrogen) atoms. The van der Waals surface area contributed by atoms with Crippen LogP contribution in [0.15, 0.2) is 72.9 Å². The van der Waals surface area contributed by atoms with E-state index in [4.69, 9.17) is 9.72 Å². The predicted octanol–water partition coefficient (Wildman–Crippen LogP) is 5.17. The van der Waals surface area contributed by atoms with E-state index < -0.39 is 5.82 Å². The highest BCUT2D eigenvalue weighted by Gasteiger charge is 2.30. The number of ether oxygens (including phenoxy) is 1. The molecule has 0 N–H and O–H groups in total. The van der Waals surface area contributed by atoms with E-state index in [0.29, 0.717) is 13.1 Å². The zero-order valence-corrected chi connectivity index (χ0v) is 17.9. The third-order valence-corrected chi connectivity index (χ3v) is 6.10. The number of carbonyl (C=O) groups excluding carboxylic acids is 1. The smallest absolute Gasteiger partial charge is 0.256 e. The molecule has 1 fully saturated rings. The second-order valence-corrected chi connectivity index (χ2v) is 8.08. The molecule has 0 aliphatic carbocycles. The molecule has 1 aliphatic heterocycles. The minimum Gasteiger partial charge on any atom is -0.497 e. The van der Waals surface area contributed by atoms with E-state index in [9.17, 15) is 9.18 Å². The number of likely N-dealkylation sites (tertiary alicyclic amines) is 1. The molecule has 0 spiro atoms. The van der Waals surface area contributed by atoms with Gasteiger partial charge in [-0.1, -0.05) is 30.3 Å². The molecule has 2 aromatic carbocycles. The van der Waals surface area contributed by atoms with Crippen molar-refractivity contribution in [2.24, 2.45) is 0 Å². The summed E-state index contributed by atoms with van der Waals surface area (Å²) in [5.41, 5.74) is 3.00. The van der Waals surface area contributed by atoms with Crippen LogP contribution in [0.2, 0.25) is 0 Å². The third-order valence-electron chi connectivity index (χ3n) is 6.10. The third kappa shape index (κ3) is 3.62. The number of halogens is 1. The Labute approximate surface area is 186 Å². The molecule has 6 heteroatoms. The molecule has 0 saturated carbocycles. The van der Waals surface area contributed by atoms with E-state index in [1.807, 2.05) is 42.6 Å². The standard InChI is InChI=1S/C26H24FN3O2/c1-32-20-10-6-8-18(16-20)24-23-13-4-5-15-30(23)25(28-24)19-9-7-14-29(17-19)26(31)21-11-2-3-12-22(21)27/h2-6,8,10-13,15-16,19H,7,9,14,17H2,1H3. The van der Waals surface area contributed by atoms with Gasteiger partial charge in [0.05, 0.1) is 23.9 Å². The molecular formula is C26H24FN3O2. The fourth-order valence-corrected chi connectivity index (χ4v) is 4.51. The second kappa shape index (κ2) is 8.46. The summed E-state index contributed by atoms with van der Waals surface area (Å²) >= 11 is 0. The van der Waals surface area contributed by atoms with Gasteiger partial charge in [0, 0.05) is 30.8 Å². The molecule has 1 amide bonds. The maximum Gasteiger partial charge on any atom is 0.256 e. The van der Waals surface area contributed by atoms with E-state index in [2.05, 4.69) is 10.5 Å². The molecule has 2 aromatic heterocycles. The van der Waals surface area contributed by atoms with Gasteiger partial charge in [0.2, 0.25) is 0 Å². The summed E-state index contributed by atoms with van der Waals surface area (Å²) in [5, 5.41) is 0. The van der Waals surface area contributed by atoms with Crippen LogP contribution in [0.5, 0.6) is 5.75 Å². The van der Waals surface area contributed by atoms with Gasteiger partial charge in [-0.15, -0.1) is 0 Å². The van der Waals surface area contributed by atoms with Gasteiger partial charge in [-0.25, -0.2) is 9.37 Å². The number of methoxy groups -OCH3 is 1. The zero-order valence-electron chi connectivity index (χ0n) is 17.9. The molecule has 162 valence electrons. The highest BCUT2D eigenvalue weighted by atomic mass is 19.1. The molecule has 1 atom stereocenters. The topological polar surface area (TPSA) is 46.8 Å². The minimum absolute atomic E-state index is 0.0636. The first-order valence-corrected chi connectivity index (χ1v) is 10.8. The van der Waals surface area contributed by atoms with Crippen LogP contribution >= 0.6 is 0 Å². The van der Waals surface area contributed by atoms with Crippen molar-refractivity contribution in [3.05, 3.63) is 90.1 Å². The number of aromatic nitrogens is 2. The van der Waals surface area contributed by atoms with Crippen LogP contribution in [0.25, 0.3) is 16.8 Å². The molecule has 4 aromatic rings. The molecule has 0 bridgehead atoms. The van der Waals surface area contributed by atoms with E-state index in [1.165, 1.54) is 6.07 Å². The van der Waals surface area contributed by atoms with Gasteiger partial charge in [0.25, 0.3) is 5.91 Å². The van der Waals surface area contributed by atoms with E-state index in [0.717, 1.165) is 41.2 Å². The first-order valence-electron chi connectivity index (χ1n) is 10.8. The summed E-state index contributed by atoms with van der Waals surface area (Å²) in [4.78, 5) is 19.8. The summed E-state index contributed by atoms with van der Waals surface area (Å²) in [7, 11) is 1.65. The van der Waals surface area contributed by atoms with Gasteiger partial charge in [-0.3, -0.25) is 4.79 Å². The van der Waals surface area contributed by atoms with E-state index in [-0.39, 0.29) is 17.4 Å². The monoisotopic (exact) mass is 429 g/mol. The Kier molecular flexibility index (Phi) is 5.35. The number of hydrogen-bond acceptors (Lipinski definition) is 3. The Morgan fingerprint density at radius 1 is 1.09 bits per heavy atom. The fourth-order valence-electron chi connectivity index (χ4n) is 4.51. The largest absolute Gasteiger partial charge is 0.497 e. The Morgan fingerprint density at radius 2 is 1.94 bits per heavy atom. The lowest BCUT2D eigenvalue weighted by Gasteiger charge is -2.32. The molecule has 0 radical (unpaired) electrons. The number of nitrogens with zero attached hydrogens (tertiary/aromatic N) is 3. The van der Waals surface area contributed by atoms with Crippen LogP contribution in [0.1, 0.15) is 34.9 Å². The van der Waals surface area contributed by atoms with Gasteiger partial charge in [-0.05, 0) is 49.2 Å². The van der Waals surface area contributed by atoms with Gasteiger partial charge in [-0.2, -0.15) is 0 Å². The predicted molar refractivity (Wildman–Crippen MR) is 121 cm³/mol. The van der Waals surface area contributed by atoms with Gasteiger partial charge in [0.15, 0.2) is 0 Å². The first-order chi connectivity index (χ1) is 15.7. The van der Waals surface area contributed by atoms with Crippen LogP contribution in [-0.2, 0) is 0 Å². The fraction of sp³-hybridized carbons (Fsp3) is 0.231. The summed E-state index contributed by atoms with van der Waals surface area (Å²) in [6, 6.07) is 20.1. The number of imidazole rings is 1. The van der Waals surface area contributed by atoms with Crippen molar-refractivity contribution in [2.75, 3.05) is 20.2 Å². The minimum atomic E-state index is -0.480. The summed E-state index contributed by atoms with van der Waals surface area (Å²) < 4.78 is 21.7. The number of amides is 1.